The van der Waals surface area contributed by atoms with Crippen LogP contribution in [-0.2, 0) is 14.3 Å². The Hall–Kier alpha value is -2.61. The van der Waals surface area contributed by atoms with Gasteiger partial charge in [-0.25, -0.2) is 5.43 Å². The van der Waals surface area contributed by atoms with Gasteiger partial charge in [-0.3, -0.25) is 9.59 Å². The topological polar surface area (TPSA) is 98.2 Å². The second-order valence-corrected chi connectivity index (χ2v) is 5.80. The van der Waals surface area contributed by atoms with Crippen LogP contribution in [0.5, 0.6) is 11.5 Å². The van der Waals surface area contributed by atoms with E-state index in [0.29, 0.717) is 36.8 Å². The Bertz CT molecular complexity index is 642. The van der Waals surface area contributed by atoms with Crippen LogP contribution in [0.4, 0.5) is 0 Å². The van der Waals surface area contributed by atoms with Gasteiger partial charge in [-0.1, -0.05) is 6.92 Å². The number of amides is 2. The molecule has 1 aromatic rings. The molecule has 0 bridgehead atoms. The number of carbonyl (C=O) groups excluding carboxylic acids is 2. The Kier molecular flexibility index (Phi) is 7.88. The molecule has 0 aliphatic carbocycles. The lowest BCUT2D eigenvalue weighted by Gasteiger charge is -2.10. The highest BCUT2D eigenvalue weighted by Crippen LogP contribution is 2.27. The molecule has 0 aromatic heterocycles. The van der Waals surface area contributed by atoms with E-state index in [9.17, 15) is 9.59 Å². The van der Waals surface area contributed by atoms with Crippen molar-refractivity contribution in [3.05, 3.63) is 23.8 Å². The average molecular weight is 363 g/mol. The zero-order chi connectivity index (χ0) is 18.8. The first-order valence-corrected chi connectivity index (χ1v) is 8.67. The number of benzene rings is 1. The number of hydrazone groups is 1. The van der Waals surface area contributed by atoms with E-state index in [2.05, 4.69) is 15.8 Å². The molecule has 142 valence electrons. The second-order valence-electron chi connectivity index (χ2n) is 5.80. The summed E-state index contributed by atoms with van der Waals surface area (Å²) in [7, 11) is 1.55. The largest absolute Gasteiger partial charge is 0.493 e. The van der Waals surface area contributed by atoms with Crippen molar-refractivity contribution in [2.45, 2.75) is 32.3 Å². The van der Waals surface area contributed by atoms with Crippen LogP contribution >= 0.6 is 0 Å². The summed E-state index contributed by atoms with van der Waals surface area (Å²) in [6, 6.07) is 5.28. The van der Waals surface area contributed by atoms with Gasteiger partial charge < -0.3 is 19.5 Å². The lowest BCUT2D eigenvalue weighted by atomic mass is 10.2. The molecule has 8 heteroatoms. The normalized spacial score (nSPS) is 16.5. The van der Waals surface area contributed by atoms with Gasteiger partial charge in [-0.2, -0.15) is 5.10 Å². The highest BCUT2D eigenvalue weighted by molar-refractivity contribution is 6.35. The molecule has 1 heterocycles. The third-order valence-electron chi connectivity index (χ3n) is 3.75. The van der Waals surface area contributed by atoms with Crippen molar-refractivity contribution in [3.8, 4) is 11.5 Å². The lowest BCUT2D eigenvalue weighted by molar-refractivity contribution is -0.139. The number of rotatable bonds is 8. The number of hydrogen-bond acceptors (Lipinski definition) is 6. The minimum absolute atomic E-state index is 0.0174. The lowest BCUT2D eigenvalue weighted by Crippen LogP contribution is -2.41. The van der Waals surface area contributed by atoms with Gasteiger partial charge in [0.1, 0.15) is 0 Å². The predicted molar refractivity (Wildman–Crippen MR) is 96.5 cm³/mol. The van der Waals surface area contributed by atoms with Crippen LogP contribution in [-0.4, -0.2) is 51.0 Å². The molecule has 8 nitrogen and oxygen atoms in total. The van der Waals surface area contributed by atoms with Gasteiger partial charge in [-0.15, -0.1) is 0 Å². The van der Waals surface area contributed by atoms with Crippen LogP contribution in [0.15, 0.2) is 23.3 Å². The molecule has 1 aromatic carbocycles. The number of hydrogen-bond donors (Lipinski definition) is 2. The molecule has 2 rings (SSSR count). The van der Waals surface area contributed by atoms with Crippen LogP contribution in [0.25, 0.3) is 0 Å². The maximum absolute atomic E-state index is 11.7. The number of nitrogens with zero attached hydrogens (tertiary/aromatic N) is 1. The van der Waals surface area contributed by atoms with Crippen molar-refractivity contribution >= 4 is 18.0 Å². The van der Waals surface area contributed by atoms with Crippen LogP contribution in [0.1, 0.15) is 31.7 Å². The number of ether oxygens (including phenoxy) is 3. The van der Waals surface area contributed by atoms with Crippen molar-refractivity contribution in [1.29, 1.82) is 0 Å². The fourth-order valence-electron chi connectivity index (χ4n) is 2.40. The molecule has 2 amide bonds. The summed E-state index contributed by atoms with van der Waals surface area (Å²) < 4.78 is 16.2. The van der Waals surface area contributed by atoms with Crippen molar-refractivity contribution in [3.63, 3.8) is 0 Å². The zero-order valence-corrected chi connectivity index (χ0v) is 15.1. The minimum Gasteiger partial charge on any atom is -0.493 e. The Balaban J connectivity index is 1.82. The van der Waals surface area contributed by atoms with E-state index in [-0.39, 0.29) is 6.10 Å². The van der Waals surface area contributed by atoms with Crippen LogP contribution < -0.4 is 20.2 Å². The van der Waals surface area contributed by atoms with E-state index in [0.717, 1.165) is 19.3 Å². The van der Waals surface area contributed by atoms with E-state index >= 15 is 0 Å². The Morgan fingerprint density at radius 2 is 2.19 bits per heavy atom. The SMILES string of the molecule is CCCOc1ccc(/C=N\NC(=O)C(=O)NC[C@H]2CCCO2)cc1OC. The highest BCUT2D eigenvalue weighted by atomic mass is 16.5. The van der Waals surface area contributed by atoms with E-state index < -0.39 is 11.8 Å². The zero-order valence-electron chi connectivity index (χ0n) is 15.1. The summed E-state index contributed by atoms with van der Waals surface area (Å²) in [5, 5.41) is 6.33. The molecule has 1 saturated heterocycles. The molecule has 0 spiro atoms. The van der Waals surface area contributed by atoms with Crippen LogP contribution in [0, 0.1) is 0 Å². The van der Waals surface area contributed by atoms with Crippen molar-refractivity contribution in [1.82, 2.24) is 10.7 Å². The molecule has 1 aliphatic heterocycles. The third-order valence-corrected chi connectivity index (χ3v) is 3.75. The van der Waals surface area contributed by atoms with Gasteiger partial charge in [0.2, 0.25) is 0 Å². The predicted octanol–water partition coefficient (Wildman–Crippen LogP) is 1.23. The first-order chi connectivity index (χ1) is 12.6. The molecule has 1 aliphatic rings. The molecule has 0 saturated carbocycles. The van der Waals surface area contributed by atoms with Gasteiger partial charge in [0, 0.05) is 13.2 Å². The fraction of sp³-hybridized carbons (Fsp3) is 0.500. The standard InChI is InChI=1S/C18H25N3O5/c1-3-8-26-15-7-6-13(10-16(15)24-2)11-20-21-18(23)17(22)19-12-14-5-4-9-25-14/h6-7,10-11,14H,3-5,8-9,12H2,1-2H3,(H,19,22)(H,21,23)/b20-11-/t14-/m1/s1. The molecule has 1 atom stereocenters. The highest BCUT2D eigenvalue weighted by Gasteiger charge is 2.18. The maximum Gasteiger partial charge on any atom is 0.329 e. The summed E-state index contributed by atoms with van der Waals surface area (Å²) in [4.78, 5) is 23.4. The Morgan fingerprint density at radius 1 is 1.35 bits per heavy atom. The smallest absolute Gasteiger partial charge is 0.329 e. The summed E-state index contributed by atoms with van der Waals surface area (Å²) in [5.41, 5.74) is 2.90. The quantitative estimate of drug-likeness (QED) is 0.411. The molecular formula is C18H25N3O5. The van der Waals surface area contributed by atoms with Gasteiger partial charge in [0.05, 0.1) is 26.0 Å². The van der Waals surface area contributed by atoms with E-state index in [4.69, 9.17) is 14.2 Å². The molecule has 1 fully saturated rings. The Labute approximate surface area is 152 Å². The van der Waals surface area contributed by atoms with Crippen LogP contribution in [0.3, 0.4) is 0 Å². The summed E-state index contributed by atoms with van der Waals surface area (Å²) in [6.45, 7) is 3.64. The fourth-order valence-corrected chi connectivity index (χ4v) is 2.40. The third kappa shape index (κ3) is 6.03. The monoisotopic (exact) mass is 363 g/mol. The second kappa shape index (κ2) is 10.4. The van der Waals surface area contributed by atoms with E-state index in [1.54, 1.807) is 25.3 Å². The first kappa shape index (κ1) is 19.7. The van der Waals surface area contributed by atoms with E-state index in [1.165, 1.54) is 6.21 Å². The molecular weight excluding hydrogens is 338 g/mol. The van der Waals surface area contributed by atoms with E-state index in [1.807, 2.05) is 6.92 Å². The summed E-state index contributed by atoms with van der Waals surface area (Å²) in [6.07, 6.45) is 4.17. The average Bonchev–Trinajstić information content (AvgIpc) is 3.18. The number of methoxy groups -OCH3 is 1. The van der Waals surface area contributed by atoms with Gasteiger partial charge >= 0.3 is 11.8 Å². The first-order valence-electron chi connectivity index (χ1n) is 8.67. The maximum atomic E-state index is 11.7. The van der Waals surface area contributed by atoms with Crippen molar-refractivity contribution in [2.24, 2.45) is 5.10 Å². The van der Waals surface area contributed by atoms with Gasteiger partial charge in [0.15, 0.2) is 11.5 Å². The Morgan fingerprint density at radius 3 is 2.88 bits per heavy atom. The number of carbonyl (C=O) groups is 2. The number of nitrogens with one attached hydrogen (secondary N) is 2. The summed E-state index contributed by atoms with van der Waals surface area (Å²) >= 11 is 0. The molecule has 2 N–H and O–H groups in total. The molecule has 0 unspecified atom stereocenters. The van der Waals surface area contributed by atoms with Crippen molar-refractivity contribution < 1.29 is 23.8 Å². The van der Waals surface area contributed by atoms with Crippen molar-refractivity contribution in [2.75, 3.05) is 26.9 Å². The molecule has 26 heavy (non-hydrogen) atoms. The molecule has 0 radical (unpaired) electrons. The summed E-state index contributed by atoms with van der Waals surface area (Å²) in [5.74, 6) is -0.347. The van der Waals surface area contributed by atoms with Gasteiger partial charge in [0.25, 0.3) is 0 Å². The van der Waals surface area contributed by atoms with Gasteiger partial charge in [-0.05, 0) is 43.0 Å². The minimum atomic E-state index is -0.825. The van der Waals surface area contributed by atoms with Crippen LogP contribution in [0.2, 0.25) is 0 Å².